The molecule has 88 valence electrons. The van der Waals surface area contributed by atoms with Crippen LogP contribution in [0.3, 0.4) is 0 Å². The van der Waals surface area contributed by atoms with Gasteiger partial charge in [0.2, 0.25) is 0 Å². The predicted molar refractivity (Wildman–Crippen MR) is 67.7 cm³/mol. The van der Waals surface area contributed by atoms with Crippen molar-refractivity contribution < 1.29 is 4.74 Å². The third-order valence-corrected chi connectivity index (χ3v) is 3.27. The van der Waals surface area contributed by atoms with Gasteiger partial charge in [0.25, 0.3) is 0 Å². The van der Waals surface area contributed by atoms with Gasteiger partial charge in [0.1, 0.15) is 6.23 Å². The zero-order valence-corrected chi connectivity index (χ0v) is 10.9. The van der Waals surface area contributed by atoms with Crippen molar-refractivity contribution >= 4 is 34.8 Å². The fraction of sp³-hybridized carbons (Fsp3) is 0.455. The van der Waals surface area contributed by atoms with Gasteiger partial charge in [-0.15, -0.1) is 0 Å². The molecular weight excluding hydrogens is 268 g/mol. The van der Waals surface area contributed by atoms with E-state index in [0.717, 1.165) is 19.4 Å². The third-order valence-electron chi connectivity index (χ3n) is 2.49. The zero-order valence-electron chi connectivity index (χ0n) is 8.60. The molecule has 1 atom stereocenters. The van der Waals surface area contributed by atoms with Crippen LogP contribution < -0.4 is 10.1 Å². The first kappa shape index (κ1) is 12.3. The molecule has 1 aliphatic heterocycles. The molecule has 1 aliphatic rings. The molecule has 0 amide bonds. The largest absolute Gasteiger partial charge is 0.472 e. The molecule has 1 saturated heterocycles. The molecular formula is C11H12Cl3NO. The summed E-state index contributed by atoms with van der Waals surface area (Å²) in [7, 11) is 0. The normalized spacial score (nSPS) is 20.8. The van der Waals surface area contributed by atoms with Gasteiger partial charge in [0.15, 0.2) is 5.75 Å². The number of halogens is 3. The summed E-state index contributed by atoms with van der Waals surface area (Å²) in [6, 6.07) is 3.26. The molecule has 5 heteroatoms. The first-order valence-electron chi connectivity index (χ1n) is 5.21. The number of nitrogens with one attached hydrogen (secondary N) is 1. The Morgan fingerprint density at radius 3 is 2.38 bits per heavy atom. The van der Waals surface area contributed by atoms with Crippen molar-refractivity contribution in [3.63, 3.8) is 0 Å². The van der Waals surface area contributed by atoms with Gasteiger partial charge >= 0.3 is 0 Å². The highest BCUT2D eigenvalue weighted by Gasteiger charge is 2.17. The molecule has 0 aliphatic carbocycles. The SMILES string of the molecule is Clc1cc(Cl)c(OC2CCCCN2)c(Cl)c1. The van der Waals surface area contributed by atoms with Crippen LogP contribution in [0.5, 0.6) is 5.75 Å². The van der Waals surface area contributed by atoms with Crippen molar-refractivity contribution in [2.45, 2.75) is 25.5 Å². The summed E-state index contributed by atoms with van der Waals surface area (Å²) in [6.45, 7) is 0.966. The van der Waals surface area contributed by atoms with E-state index in [1.54, 1.807) is 12.1 Å². The van der Waals surface area contributed by atoms with Crippen molar-refractivity contribution in [1.82, 2.24) is 5.32 Å². The maximum absolute atomic E-state index is 6.03. The van der Waals surface area contributed by atoms with Gasteiger partial charge in [-0.3, -0.25) is 5.32 Å². The van der Waals surface area contributed by atoms with Gasteiger partial charge in [0, 0.05) is 5.02 Å². The number of piperidine rings is 1. The van der Waals surface area contributed by atoms with E-state index >= 15 is 0 Å². The van der Waals surface area contributed by atoms with Crippen LogP contribution >= 0.6 is 34.8 Å². The molecule has 2 nitrogen and oxygen atoms in total. The van der Waals surface area contributed by atoms with E-state index in [-0.39, 0.29) is 6.23 Å². The minimum Gasteiger partial charge on any atom is -0.472 e. The Morgan fingerprint density at radius 1 is 1.12 bits per heavy atom. The van der Waals surface area contributed by atoms with E-state index in [4.69, 9.17) is 39.5 Å². The molecule has 16 heavy (non-hydrogen) atoms. The quantitative estimate of drug-likeness (QED) is 0.879. The summed E-state index contributed by atoms with van der Waals surface area (Å²) in [4.78, 5) is 0. The summed E-state index contributed by atoms with van der Waals surface area (Å²) < 4.78 is 5.74. The Balaban J connectivity index is 2.14. The maximum Gasteiger partial charge on any atom is 0.158 e. The minimum absolute atomic E-state index is 0.00933. The number of ether oxygens (including phenoxy) is 1. The van der Waals surface area contributed by atoms with Crippen molar-refractivity contribution in [2.75, 3.05) is 6.54 Å². The molecule has 0 spiro atoms. The average Bonchev–Trinajstić information content (AvgIpc) is 2.25. The lowest BCUT2D eigenvalue weighted by molar-refractivity contribution is 0.133. The Hall–Kier alpha value is -0.150. The summed E-state index contributed by atoms with van der Waals surface area (Å²) in [5.41, 5.74) is 0. The summed E-state index contributed by atoms with van der Waals surface area (Å²) in [6.07, 6.45) is 3.29. The lowest BCUT2D eigenvalue weighted by Crippen LogP contribution is -2.38. The Kier molecular flexibility index (Phi) is 4.20. The highest BCUT2D eigenvalue weighted by atomic mass is 35.5. The monoisotopic (exact) mass is 279 g/mol. The van der Waals surface area contributed by atoms with Crippen LogP contribution in [0.1, 0.15) is 19.3 Å². The van der Waals surface area contributed by atoms with Gasteiger partial charge in [-0.25, -0.2) is 0 Å². The van der Waals surface area contributed by atoms with Crippen molar-refractivity contribution in [1.29, 1.82) is 0 Å². The lowest BCUT2D eigenvalue weighted by atomic mass is 10.1. The van der Waals surface area contributed by atoms with Crippen molar-refractivity contribution in [3.05, 3.63) is 27.2 Å². The molecule has 0 radical (unpaired) electrons. The van der Waals surface area contributed by atoms with E-state index in [9.17, 15) is 0 Å². The van der Waals surface area contributed by atoms with Crippen LogP contribution in [0.15, 0.2) is 12.1 Å². The molecule has 0 bridgehead atoms. The van der Waals surface area contributed by atoms with Gasteiger partial charge in [-0.1, -0.05) is 34.8 Å². The number of hydrogen-bond acceptors (Lipinski definition) is 2. The maximum atomic E-state index is 6.03. The number of rotatable bonds is 2. The van der Waals surface area contributed by atoms with Crippen molar-refractivity contribution in [3.8, 4) is 5.75 Å². The van der Waals surface area contributed by atoms with Crippen LogP contribution in [0.2, 0.25) is 15.1 Å². The van der Waals surface area contributed by atoms with E-state index in [1.807, 2.05) is 0 Å². The van der Waals surface area contributed by atoms with E-state index in [1.165, 1.54) is 6.42 Å². The van der Waals surface area contributed by atoms with Crippen LogP contribution in [-0.2, 0) is 0 Å². The smallest absolute Gasteiger partial charge is 0.158 e. The Morgan fingerprint density at radius 2 is 1.81 bits per heavy atom. The van der Waals surface area contributed by atoms with Gasteiger partial charge in [-0.2, -0.15) is 0 Å². The van der Waals surface area contributed by atoms with Crippen LogP contribution in [0.4, 0.5) is 0 Å². The standard InChI is InChI=1S/C11H12Cl3NO/c12-7-5-8(13)11(9(14)6-7)16-10-3-1-2-4-15-10/h5-6,10,15H,1-4H2. The van der Waals surface area contributed by atoms with Crippen LogP contribution in [0, 0.1) is 0 Å². The van der Waals surface area contributed by atoms with E-state index < -0.39 is 0 Å². The molecule has 1 heterocycles. The first-order valence-corrected chi connectivity index (χ1v) is 6.35. The van der Waals surface area contributed by atoms with Crippen molar-refractivity contribution in [2.24, 2.45) is 0 Å². The zero-order chi connectivity index (χ0) is 11.5. The second kappa shape index (κ2) is 5.46. The van der Waals surface area contributed by atoms with E-state index in [2.05, 4.69) is 5.32 Å². The van der Waals surface area contributed by atoms with E-state index in [0.29, 0.717) is 20.8 Å². The molecule has 0 saturated carbocycles. The Labute approximate surface area is 110 Å². The topological polar surface area (TPSA) is 21.3 Å². The Bertz CT molecular complexity index is 354. The fourth-order valence-corrected chi connectivity index (χ4v) is 2.61. The van der Waals surface area contributed by atoms with Gasteiger partial charge in [0.05, 0.1) is 10.0 Å². The predicted octanol–water partition coefficient (Wildman–Crippen LogP) is 4.13. The molecule has 1 fully saturated rings. The van der Waals surface area contributed by atoms with Gasteiger partial charge in [-0.05, 0) is 37.9 Å². The highest BCUT2D eigenvalue weighted by Crippen LogP contribution is 2.36. The third kappa shape index (κ3) is 2.95. The molecule has 1 N–H and O–H groups in total. The number of benzene rings is 1. The summed E-state index contributed by atoms with van der Waals surface area (Å²) in [5.74, 6) is 0.507. The molecule has 1 aromatic carbocycles. The average molecular weight is 281 g/mol. The van der Waals surface area contributed by atoms with Gasteiger partial charge < -0.3 is 4.74 Å². The molecule has 0 aromatic heterocycles. The second-order valence-electron chi connectivity index (χ2n) is 3.75. The summed E-state index contributed by atoms with van der Waals surface area (Å²) in [5, 5.41) is 4.67. The minimum atomic E-state index is -0.00933. The second-order valence-corrected chi connectivity index (χ2v) is 5.01. The summed E-state index contributed by atoms with van der Waals surface area (Å²) >= 11 is 17.9. The fourth-order valence-electron chi connectivity index (χ4n) is 1.70. The highest BCUT2D eigenvalue weighted by molar-refractivity contribution is 6.40. The number of hydrogen-bond donors (Lipinski definition) is 1. The lowest BCUT2D eigenvalue weighted by Gasteiger charge is -2.25. The van der Waals surface area contributed by atoms with Crippen LogP contribution in [-0.4, -0.2) is 12.8 Å². The van der Waals surface area contributed by atoms with Crippen LogP contribution in [0.25, 0.3) is 0 Å². The molecule has 2 rings (SSSR count). The molecule has 1 aromatic rings. The molecule has 1 unspecified atom stereocenters. The first-order chi connectivity index (χ1) is 7.66.